The number of carbonyl (C=O) groups excluding carboxylic acids is 2. The van der Waals surface area contributed by atoms with Crippen molar-refractivity contribution in [2.75, 3.05) is 4.90 Å². The number of aryl methyl sites for hydroxylation is 1. The average molecular weight is 408 g/mol. The van der Waals surface area contributed by atoms with Crippen LogP contribution in [0.15, 0.2) is 55.1 Å². The molecule has 2 fully saturated rings. The second kappa shape index (κ2) is 6.42. The zero-order chi connectivity index (χ0) is 20.2. The highest BCUT2D eigenvalue weighted by atomic mass is 35.5. The van der Waals surface area contributed by atoms with E-state index in [0.29, 0.717) is 29.2 Å². The van der Waals surface area contributed by atoms with Crippen LogP contribution in [0.1, 0.15) is 29.9 Å². The molecule has 0 unspecified atom stereocenters. The van der Waals surface area contributed by atoms with Crippen LogP contribution in [-0.4, -0.2) is 32.2 Å². The van der Waals surface area contributed by atoms with Crippen molar-refractivity contribution in [1.29, 1.82) is 0 Å². The van der Waals surface area contributed by atoms with Crippen molar-refractivity contribution >= 4 is 29.2 Å². The lowest BCUT2D eigenvalue weighted by Gasteiger charge is -2.43. The summed E-state index contributed by atoms with van der Waals surface area (Å²) in [7, 11) is 0. The Bertz CT molecular complexity index is 1140. The molecule has 2 aliphatic rings. The number of carbonyl (C=O) groups is 2. The fourth-order valence-electron chi connectivity index (χ4n) is 4.21. The van der Waals surface area contributed by atoms with Crippen LogP contribution in [-0.2, 0) is 4.79 Å². The van der Waals surface area contributed by atoms with Crippen LogP contribution < -0.4 is 10.2 Å². The van der Waals surface area contributed by atoms with E-state index < -0.39 is 11.6 Å². The normalized spacial score (nSPS) is 23.4. The first-order valence-electron chi connectivity index (χ1n) is 9.35. The number of amides is 3. The summed E-state index contributed by atoms with van der Waals surface area (Å²) in [5, 5.41) is 7.89. The number of pyridine rings is 1. The van der Waals surface area contributed by atoms with Crippen LogP contribution in [0.5, 0.6) is 0 Å². The number of anilines is 1. The van der Waals surface area contributed by atoms with Crippen LogP contribution in [0.3, 0.4) is 0 Å². The number of urea groups is 1. The molecule has 2 aromatic heterocycles. The molecule has 146 valence electrons. The molecule has 1 saturated carbocycles. The summed E-state index contributed by atoms with van der Waals surface area (Å²) in [6.07, 6.45) is 7.73. The van der Waals surface area contributed by atoms with E-state index in [1.165, 1.54) is 11.1 Å². The maximum Gasteiger partial charge on any atom is 0.329 e. The van der Waals surface area contributed by atoms with Gasteiger partial charge < -0.3 is 5.32 Å². The number of hydrogen-bond donors (Lipinski definition) is 1. The van der Waals surface area contributed by atoms with Gasteiger partial charge in [0.25, 0.3) is 5.91 Å². The zero-order valence-electron chi connectivity index (χ0n) is 15.7. The van der Waals surface area contributed by atoms with E-state index in [1.807, 2.05) is 37.4 Å². The Labute approximate surface area is 172 Å². The number of hydrogen-bond acceptors (Lipinski definition) is 4. The van der Waals surface area contributed by atoms with Crippen LogP contribution in [0, 0.1) is 6.92 Å². The number of nitrogens with zero attached hydrogens (tertiary/aromatic N) is 4. The first-order valence-corrected chi connectivity index (χ1v) is 9.73. The number of halogens is 1. The van der Waals surface area contributed by atoms with Crippen molar-refractivity contribution in [3.05, 3.63) is 71.3 Å². The van der Waals surface area contributed by atoms with Gasteiger partial charge in [-0.2, -0.15) is 5.10 Å². The van der Waals surface area contributed by atoms with E-state index in [1.54, 1.807) is 23.1 Å². The molecule has 1 saturated heterocycles. The Balaban J connectivity index is 1.46. The van der Waals surface area contributed by atoms with Gasteiger partial charge in [-0.25, -0.2) is 14.4 Å². The topological polar surface area (TPSA) is 80.1 Å². The Hall–Kier alpha value is -3.19. The molecular formula is C21H18ClN5O2. The fourth-order valence-corrected chi connectivity index (χ4v) is 4.50. The highest BCUT2D eigenvalue weighted by molar-refractivity contribution is 6.31. The SMILES string of the molecule is Cc1cnn(-c2ccncc2N2C(=O)NC3(CC(c4ccccc4Cl)C3)C2=O)c1. The molecule has 1 aliphatic heterocycles. The maximum atomic E-state index is 13.3. The molecule has 1 aromatic carbocycles. The third-order valence-electron chi connectivity index (χ3n) is 5.67. The van der Waals surface area contributed by atoms with Crippen LogP contribution >= 0.6 is 11.6 Å². The van der Waals surface area contributed by atoms with Crippen molar-refractivity contribution in [3.63, 3.8) is 0 Å². The van der Waals surface area contributed by atoms with Gasteiger partial charge in [0.2, 0.25) is 0 Å². The molecular weight excluding hydrogens is 390 g/mol. The fraction of sp³-hybridized carbons (Fsp3) is 0.238. The van der Waals surface area contributed by atoms with Crippen molar-refractivity contribution in [1.82, 2.24) is 20.1 Å². The van der Waals surface area contributed by atoms with E-state index in [9.17, 15) is 9.59 Å². The van der Waals surface area contributed by atoms with Crippen molar-refractivity contribution in [2.24, 2.45) is 0 Å². The standard InChI is InChI=1S/C21H18ClN5O2/c1-13-10-24-26(12-13)17-6-7-23-11-18(17)27-19(28)21(25-20(27)29)8-14(9-21)15-4-2-3-5-16(15)22/h2-7,10-12,14H,8-9H2,1H3,(H,25,29). The molecule has 5 rings (SSSR count). The van der Waals surface area contributed by atoms with E-state index in [-0.39, 0.29) is 11.8 Å². The first-order chi connectivity index (χ1) is 14.0. The summed E-state index contributed by atoms with van der Waals surface area (Å²) in [4.78, 5) is 31.4. The maximum absolute atomic E-state index is 13.3. The molecule has 7 nitrogen and oxygen atoms in total. The lowest BCUT2D eigenvalue weighted by Crippen LogP contribution is -2.56. The molecule has 0 bridgehead atoms. The molecule has 3 aromatic rings. The molecule has 29 heavy (non-hydrogen) atoms. The summed E-state index contributed by atoms with van der Waals surface area (Å²) in [6, 6.07) is 8.92. The minimum atomic E-state index is -0.895. The molecule has 3 heterocycles. The Kier molecular flexibility index (Phi) is 3.96. The third kappa shape index (κ3) is 2.73. The van der Waals surface area contributed by atoms with Crippen molar-refractivity contribution in [3.8, 4) is 5.69 Å². The number of benzene rings is 1. The van der Waals surface area contributed by atoms with Gasteiger partial charge in [-0.15, -0.1) is 0 Å². The smallest absolute Gasteiger partial charge is 0.323 e. The van der Waals surface area contributed by atoms with E-state index >= 15 is 0 Å². The predicted molar refractivity (Wildman–Crippen MR) is 108 cm³/mol. The minimum absolute atomic E-state index is 0.134. The summed E-state index contributed by atoms with van der Waals surface area (Å²) in [5.74, 6) is -0.126. The molecule has 1 spiro atoms. The third-order valence-corrected chi connectivity index (χ3v) is 6.02. The Morgan fingerprint density at radius 1 is 1.14 bits per heavy atom. The largest absolute Gasteiger partial charge is 0.329 e. The second-order valence-corrected chi connectivity index (χ2v) is 8.01. The lowest BCUT2D eigenvalue weighted by molar-refractivity contribution is -0.125. The van der Waals surface area contributed by atoms with Crippen molar-refractivity contribution < 1.29 is 9.59 Å². The van der Waals surface area contributed by atoms with Gasteiger partial charge in [0.15, 0.2) is 0 Å². The quantitative estimate of drug-likeness (QED) is 0.672. The van der Waals surface area contributed by atoms with Gasteiger partial charge in [-0.3, -0.25) is 9.78 Å². The monoisotopic (exact) mass is 407 g/mol. The summed E-state index contributed by atoms with van der Waals surface area (Å²) < 4.78 is 1.64. The highest BCUT2D eigenvalue weighted by Crippen LogP contribution is 2.50. The van der Waals surface area contributed by atoms with Gasteiger partial charge >= 0.3 is 6.03 Å². The first kappa shape index (κ1) is 17.9. The van der Waals surface area contributed by atoms with Crippen molar-refractivity contribution in [2.45, 2.75) is 31.2 Å². The van der Waals surface area contributed by atoms with Crippen LogP contribution in [0.4, 0.5) is 10.5 Å². The predicted octanol–water partition coefficient (Wildman–Crippen LogP) is 3.60. The van der Waals surface area contributed by atoms with E-state index in [0.717, 1.165) is 11.1 Å². The molecule has 0 atom stereocenters. The van der Waals surface area contributed by atoms with Gasteiger partial charge in [-0.1, -0.05) is 29.8 Å². The van der Waals surface area contributed by atoms with Gasteiger partial charge in [0.05, 0.1) is 23.8 Å². The molecule has 1 aliphatic carbocycles. The second-order valence-electron chi connectivity index (χ2n) is 7.61. The van der Waals surface area contributed by atoms with Gasteiger partial charge in [0, 0.05) is 17.4 Å². The van der Waals surface area contributed by atoms with Crippen LogP contribution in [0.2, 0.25) is 5.02 Å². The number of imide groups is 1. The van der Waals surface area contributed by atoms with E-state index in [2.05, 4.69) is 15.4 Å². The molecule has 8 heteroatoms. The zero-order valence-corrected chi connectivity index (χ0v) is 16.4. The molecule has 3 amide bonds. The average Bonchev–Trinajstić information content (AvgIpc) is 3.22. The minimum Gasteiger partial charge on any atom is -0.323 e. The van der Waals surface area contributed by atoms with Crippen LogP contribution in [0.25, 0.3) is 5.69 Å². The van der Waals surface area contributed by atoms with Gasteiger partial charge in [0.1, 0.15) is 5.54 Å². The summed E-state index contributed by atoms with van der Waals surface area (Å²) in [5.41, 5.74) is 2.12. The van der Waals surface area contributed by atoms with Gasteiger partial charge in [-0.05, 0) is 48.9 Å². The summed E-state index contributed by atoms with van der Waals surface area (Å²) in [6.45, 7) is 1.93. The Morgan fingerprint density at radius 3 is 2.66 bits per heavy atom. The Morgan fingerprint density at radius 2 is 1.93 bits per heavy atom. The molecule has 1 N–H and O–H groups in total. The van der Waals surface area contributed by atoms with E-state index in [4.69, 9.17) is 11.6 Å². The number of nitrogens with one attached hydrogen (secondary N) is 1. The summed E-state index contributed by atoms with van der Waals surface area (Å²) >= 11 is 6.31. The molecule has 0 radical (unpaired) electrons. The number of rotatable bonds is 3. The highest BCUT2D eigenvalue weighted by Gasteiger charge is 2.59. The lowest BCUT2D eigenvalue weighted by atomic mass is 9.65. The number of aromatic nitrogens is 3.